The Bertz CT molecular complexity index is 851. The molecule has 10 heteroatoms. The smallest absolute Gasteiger partial charge is 0.321 e. The summed E-state index contributed by atoms with van der Waals surface area (Å²) in [4.78, 5) is 47.1. The standard InChI is InChI=1S/C41H70Cl2O8/c1-3-5-7-21-27-36(50-40(46)33-42)29-23-17-13-9-11-15-19-25-31-38(44)48-35-49-39(45)32-26-20-16-12-10-14-18-24-30-37(51-41(47)34-43)28-22-8-6-4-2/h17-18,23-24,36-37H,3-16,19-22,25-35H2,1-2H3/b23-17-,24-18-/t36-,37+. The topological polar surface area (TPSA) is 105 Å². The molecule has 0 radical (unpaired) electrons. The first-order valence-electron chi connectivity index (χ1n) is 20.0. The Morgan fingerprint density at radius 2 is 0.843 bits per heavy atom. The molecule has 0 aliphatic rings. The van der Waals surface area contributed by atoms with Crippen molar-refractivity contribution in [1.29, 1.82) is 0 Å². The molecule has 0 rings (SSSR count). The summed E-state index contributed by atoms with van der Waals surface area (Å²) in [5, 5.41) is 0. The van der Waals surface area contributed by atoms with Crippen LogP contribution in [0, 0.1) is 0 Å². The Balaban J connectivity index is 3.77. The van der Waals surface area contributed by atoms with Crippen LogP contribution in [0.5, 0.6) is 0 Å². The zero-order chi connectivity index (χ0) is 37.6. The van der Waals surface area contributed by atoms with Crippen molar-refractivity contribution in [3.05, 3.63) is 24.3 Å². The Hall–Kier alpha value is -2.06. The molecule has 0 aromatic heterocycles. The molecule has 0 aromatic carbocycles. The maximum absolute atomic E-state index is 12.0. The van der Waals surface area contributed by atoms with Crippen LogP contribution in [0.25, 0.3) is 0 Å². The van der Waals surface area contributed by atoms with E-state index in [0.29, 0.717) is 12.8 Å². The van der Waals surface area contributed by atoms with E-state index in [4.69, 9.17) is 42.1 Å². The van der Waals surface area contributed by atoms with Crippen LogP contribution >= 0.6 is 23.2 Å². The molecule has 0 fully saturated rings. The zero-order valence-electron chi connectivity index (χ0n) is 32.0. The van der Waals surface area contributed by atoms with Gasteiger partial charge in [0, 0.05) is 25.7 Å². The van der Waals surface area contributed by atoms with E-state index in [1.165, 1.54) is 25.7 Å². The predicted octanol–water partition coefficient (Wildman–Crippen LogP) is 11.6. The van der Waals surface area contributed by atoms with Gasteiger partial charge in [-0.25, -0.2) is 0 Å². The molecule has 296 valence electrons. The number of alkyl halides is 2. The van der Waals surface area contributed by atoms with Crippen molar-refractivity contribution in [1.82, 2.24) is 0 Å². The third kappa shape index (κ3) is 34.8. The van der Waals surface area contributed by atoms with Crippen molar-refractivity contribution in [2.45, 2.75) is 193 Å². The Morgan fingerprint density at radius 3 is 1.24 bits per heavy atom. The van der Waals surface area contributed by atoms with Crippen molar-refractivity contribution in [2.75, 3.05) is 18.6 Å². The molecule has 0 heterocycles. The molecular weight excluding hydrogens is 691 g/mol. The van der Waals surface area contributed by atoms with Gasteiger partial charge in [-0.2, -0.15) is 0 Å². The molecule has 0 N–H and O–H groups in total. The molecule has 2 atom stereocenters. The van der Waals surface area contributed by atoms with Gasteiger partial charge in [-0.15, -0.1) is 23.2 Å². The van der Waals surface area contributed by atoms with Crippen LogP contribution in [-0.2, 0) is 38.1 Å². The fraction of sp³-hybridized carbons (Fsp3) is 0.805. The monoisotopic (exact) mass is 760 g/mol. The van der Waals surface area contributed by atoms with Gasteiger partial charge in [0.05, 0.1) is 0 Å². The van der Waals surface area contributed by atoms with Gasteiger partial charge in [-0.1, -0.05) is 115 Å². The van der Waals surface area contributed by atoms with Gasteiger partial charge >= 0.3 is 23.9 Å². The minimum absolute atomic E-state index is 0.0960. The van der Waals surface area contributed by atoms with Crippen LogP contribution in [0.4, 0.5) is 0 Å². The minimum atomic E-state index is -0.352. The highest BCUT2D eigenvalue weighted by Crippen LogP contribution is 2.16. The average Bonchev–Trinajstić information content (AvgIpc) is 3.12. The number of halogens is 2. The second-order valence-corrected chi connectivity index (χ2v) is 13.9. The summed E-state index contributed by atoms with van der Waals surface area (Å²) in [6.07, 6.45) is 33.2. The summed E-state index contributed by atoms with van der Waals surface area (Å²) in [7, 11) is 0. The van der Waals surface area contributed by atoms with E-state index in [-0.39, 0.29) is 54.6 Å². The number of unbranched alkanes of at least 4 members (excludes halogenated alkanes) is 16. The van der Waals surface area contributed by atoms with Crippen molar-refractivity contribution in [2.24, 2.45) is 0 Å². The van der Waals surface area contributed by atoms with Crippen LogP contribution in [-0.4, -0.2) is 54.6 Å². The van der Waals surface area contributed by atoms with Gasteiger partial charge in [0.2, 0.25) is 6.79 Å². The normalized spacial score (nSPS) is 12.6. The van der Waals surface area contributed by atoms with Crippen LogP contribution in [0.1, 0.15) is 181 Å². The van der Waals surface area contributed by atoms with Gasteiger partial charge in [0.15, 0.2) is 0 Å². The number of carbonyl (C=O) groups is 4. The molecule has 0 aromatic rings. The highest BCUT2D eigenvalue weighted by atomic mass is 35.5. The second kappa shape index (κ2) is 37.7. The summed E-state index contributed by atoms with van der Waals surface area (Å²) < 4.78 is 21.1. The number of allylic oxidation sites excluding steroid dienone is 2. The van der Waals surface area contributed by atoms with E-state index < -0.39 is 0 Å². The van der Waals surface area contributed by atoms with Crippen molar-refractivity contribution in [3.63, 3.8) is 0 Å². The first kappa shape index (κ1) is 48.9. The fourth-order valence-electron chi connectivity index (χ4n) is 5.64. The summed E-state index contributed by atoms with van der Waals surface area (Å²) in [5.41, 5.74) is 0. The lowest BCUT2D eigenvalue weighted by molar-refractivity contribution is -0.167. The second-order valence-electron chi connectivity index (χ2n) is 13.4. The van der Waals surface area contributed by atoms with Crippen LogP contribution in [0.3, 0.4) is 0 Å². The Morgan fingerprint density at radius 1 is 0.471 bits per heavy atom. The molecule has 0 aliphatic carbocycles. The van der Waals surface area contributed by atoms with Gasteiger partial charge in [0.1, 0.15) is 24.0 Å². The fourth-order valence-corrected chi connectivity index (χ4v) is 5.77. The lowest BCUT2D eigenvalue weighted by atomic mass is 10.1. The molecule has 0 saturated heterocycles. The quantitative estimate of drug-likeness (QED) is 0.0155. The number of hydrogen-bond donors (Lipinski definition) is 0. The van der Waals surface area contributed by atoms with Crippen molar-refractivity contribution in [3.8, 4) is 0 Å². The number of hydrogen-bond acceptors (Lipinski definition) is 8. The van der Waals surface area contributed by atoms with E-state index in [2.05, 4.69) is 38.2 Å². The maximum Gasteiger partial charge on any atom is 0.321 e. The highest BCUT2D eigenvalue weighted by molar-refractivity contribution is 6.26. The first-order chi connectivity index (χ1) is 24.9. The summed E-state index contributed by atoms with van der Waals surface area (Å²) in [6, 6.07) is 0. The molecule has 51 heavy (non-hydrogen) atoms. The minimum Gasteiger partial charge on any atom is -0.461 e. The number of ether oxygens (including phenoxy) is 4. The third-order valence-electron chi connectivity index (χ3n) is 8.65. The first-order valence-corrected chi connectivity index (χ1v) is 21.0. The summed E-state index contributed by atoms with van der Waals surface area (Å²) >= 11 is 11.2. The van der Waals surface area contributed by atoms with E-state index in [1.54, 1.807) is 0 Å². The third-order valence-corrected chi connectivity index (χ3v) is 9.08. The van der Waals surface area contributed by atoms with E-state index in [1.807, 2.05) is 0 Å². The van der Waals surface area contributed by atoms with Gasteiger partial charge in [0.25, 0.3) is 0 Å². The predicted molar refractivity (Wildman–Crippen MR) is 208 cm³/mol. The van der Waals surface area contributed by atoms with E-state index in [9.17, 15) is 19.2 Å². The van der Waals surface area contributed by atoms with Gasteiger partial charge in [-0.05, 0) is 64.2 Å². The SMILES string of the molecule is CCCCCC[C@@H](C/C=C\CCCCCCCC(=O)OCOC(=O)CCCCCCC/C=C\C[C@@H](CCCCCC)OC(=O)CCl)OC(=O)CCl. The van der Waals surface area contributed by atoms with Crippen molar-refractivity contribution < 1.29 is 38.1 Å². The molecule has 8 nitrogen and oxygen atoms in total. The molecule has 0 saturated carbocycles. The molecule has 0 spiro atoms. The van der Waals surface area contributed by atoms with Crippen LogP contribution in [0.2, 0.25) is 0 Å². The van der Waals surface area contributed by atoms with E-state index >= 15 is 0 Å². The molecule has 0 aliphatic heterocycles. The van der Waals surface area contributed by atoms with Crippen LogP contribution in [0.15, 0.2) is 24.3 Å². The van der Waals surface area contributed by atoms with E-state index in [0.717, 1.165) is 128 Å². The average molecular weight is 762 g/mol. The maximum atomic E-state index is 12.0. The Kier molecular flexibility index (Phi) is 36.2. The Labute approximate surface area is 320 Å². The van der Waals surface area contributed by atoms with Gasteiger partial charge in [-0.3, -0.25) is 19.2 Å². The highest BCUT2D eigenvalue weighted by Gasteiger charge is 2.13. The molecular formula is C41H70Cl2O8. The van der Waals surface area contributed by atoms with Crippen molar-refractivity contribution >= 4 is 47.1 Å². The molecule has 0 amide bonds. The van der Waals surface area contributed by atoms with Crippen LogP contribution < -0.4 is 0 Å². The lowest BCUT2D eigenvalue weighted by Crippen LogP contribution is -2.18. The lowest BCUT2D eigenvalue weighted by Gasteiger charge is -2.15. The number of carbonyl (C=O) groups excluding carboxylic acids is 4. The largest absolute Gasteiger partial charge is 0.461 e. The molecule has 0 unspecified atom stereocenters. The van der Waals surface area contributed by atoms with Gasteiger partial charge < -0.3 is 18.9 Å². The number of esters is 4. The summed E-state index contributed by atoms with van der Waals surface area (Å²) in [5.74, 6) is -1.59. The summed E-state index contributed by atoms with van der Waals surface area (Å²) in [6.45, 7) is 4.04. The zero-order valence-corrected chi connectivity index (χ0v) is 33.5. The molecule has 0 bridgehead atoms. The number of rotatable bonds is 36.